The third-order valence-electron chi connectivity index (χ3n) is 4.53. The molecule has 2 amide bonds. The summed E-state index contributed by atoms with van der Waals surface area (Å²) in [5.74, 6) is -1.00. The smallest absolute Gasteiger partial charge is 0.385 e. The second-order valence-corrected chi connectivity index (χ2v) is 8.00. The number of alkyl halides is 3. The predicted octanol–water partition coefficient (Wildman–Crippen LogP) is 3.24. The van der Waals surface area contributed by atoms with Gasteiger partial charge in [-0.15, -0.1) is 16.4 Å². The molecule has 3 rings (SSSR count). The number of amides is 2. The van der Waals surface area contributed by atoms with Crippen LogP contribution in [0.5, 0.6) is 0 Å². The fourth-order valence-electron chi connectivity index (χ4n) is 2.92. The van der Waals surface area contributed by atoms with Gasteiger partial charge in [-0.25, -0.2) is 9.67 Å². The van der Waals surface area contributed by atoms with E-state index in [0.717, 1.165) is 17.0 Å². The van der Waals surface area contributed by atoms with E-state index in [-0.39, 0.29) is 29.8 Å². The minimum Gasteiger partial charge on any atom is -0.385 e. The van der Waals surface area contributed by atoms with E-state index in [1.165, 1.54) is 35.2 Å². The van der Waals surface area contributed by atoms with Crippen molar-refractivity contribution in [1.82, 2.24) is 25.0 Å². The lowest BCUT2D eigenvalue weighted by atomic mass is 10.2. The lowest BCUT2D eigenvalue weighted by Gasteiger charge is -2.14. The first-order chi connectivity index (χ1) is 15.7. The molecular weight excluding hydrogens is 459 g/mol. The maximum absolute atomic E-state index is 13.2. The normalized spacial score (nSPS) is 11.4. The molecule has 2 heterocycles. The lowest BCUT2D eigenvalue weighted by molar-refractivity contribution is -0.137. The third-order valence-corrected chi connectivity index (χ3v) is 5.40. The Labute approximate surface area is 192 Å². The number of carbonyl (C=O) groups is 2. The highest BCUT2D eigenvalue weighted by Crippen LogP contribution is 2.32. The molecule has 0 fully saturated rings. The van der Waals surface area contributed by atoms with Gasteiger partial charge in [0, 0.05) is 27.3 Å². The summed E-state index contributed by atoms with van der Waals surface area (Å²) in [6, 6.07) is 8.09. The number of hydrogen-bond acceptors (Lipinski definition) is 6. The number of nitrogens with one attached hydrogen (secondary N) is 1. The van der Waals surface area contributed by atoms with Gasteiger partial charge >= 0.3 is 6.18 Å². The summed E-state index contributed by atoms with van der Waals surface area (Å²) in [7, 11) is 2.98. The molecule has 0 radical (unpaired) electrons. The zero-order valence-electron chi connectivity index (χ0n) is 17.9. The van der Waals surface area contributed by atoms with Crippen LogP contribution in [-0.4, -0.2) is 65.3 Å². The van der Waals surface area contributed by atoms with E-state index in [4.69, 9.17) is 4.74 Å². The number of carbonyl (C=O) groups excluding carboxylic acids is 2. The van der Waals surface area contributed by atoms with E-state index in [1.807, 2.05) is 0 Å². The van der Waals surface area contributed by atoms with Gasteiger partial charge in [0.15, 0.2) is 5.82 Å². The molecule has 0 atom stereocenters. The first-order valence-corrected chi connectivity index (χ1v) is 10.8. The number of nitrogens with zero attached hydrogens (tertiary/aromatic N) is 4. The van der Waals surface area contributed by atoms with Crippen molar-refractivity contribution in [3.05, 3.63) is 53.2 Å². The minimum atomic E-state index is -4.53. The van der Waals surface area contributed by atoms with Crippen LogP contribution in [0.15, 0.2) is 41.8 Å². The van der Waals surface area contributed by atoms with Crippen molar-refractivity contribution in [3.63, 3.8) is 0 Å². The van der Waals surface area contributed by atoms with Gasteiger partial charge in [0.2, 0.25) is 11.7 Å². The van der Waals surface area contributed by atoms with Crippen LogP contribution in [0.25, 0.3) is 16.4 Å². The van der Waals surface area contributed by atoms with Gasteiger partial charge in [-0.3, -0.25) is 9.59 Å². The van der Waals surface area contributed by atoms with E-state index in [0.29, 0.717) is 24.4 Å². The van der Waals surface area contributed by atoms with Gasteiger partial charge in [0.1, 0.15) is 0 Å². The SMILES string of the molecule is COCCCNC(=O)CN(C)C(=O)c1nc(-c2cccs2)n(-c2cccc(C(F)(F)F)c2)n1. The molecular formula is C21H22F3N5O3S. The summed E-state index contributed by atoms with van der Waals surface area (Å²) in [5, 5.41) is 8.64. The van der Waals surface area contributed by atoms with Crippen molar-refractivity contribution in [1.29, 1.82) is 0 Å². The Morgan fingerprint density at radius 3 is 2.70 bits per heavy atom. The second-order valence-electron chi connectivity index (χ2n) is 7.05. The summed E-state index contributed by atoms with van der Waals surface area (Å²) >= 11 is 1.31. The Morgan fingerprint density at radius 1 is 1.24 bits per heavy atom. The molecule has 2 aromatic heterocycles. The highest BCUT2D eigenvalue weighted by Gasteiger charge is 2.31. The highest BCUT2D eigenvalue weighted by molar-refractivity contribution is 7.13. The molecule has 0 saturated carbocycles. The molecule has 0 saturated heterocycles. The van der Waals surface area contributed by atoms with Crippen LogP contribution in [0, 0.1) is 0 Å². The molecule has 12 heteroatoms. The maximum atomic E-state index is 13.2. The van der Waals surface area contributed by atoms with Crippen molar-refractivity contribution in [3.8, 4) is 16.4 Å². The molecule has 0 aliphatic carbocycles. The molecule has 0 unspecified atom stereocenters. The molecule has 0 aliphatic rings. The van der Waals surface area contributed by atoms with Gasteiger partial charge in [0.25, 0.3) is 5.91 Å². The van der Waals surface area contributed by atoms with Gasteiger partial charge < -0.3 is 15.0 Å². The Balaban J connectivity index is 1.86. The van der Waals surface area contributed by atoms with Crippen LogP contribution in [0.4, 0.5) is 13.2 Å². The summed E-state index contributed by atoms with van der Waals surface area (Å²) in [4.78, 5) is 31.0. The van der Waals surface area contributed by atoms with E-state index >= 15 is 0 Å². The van der Waals surface area contributed by atoms with Crippen LogP contribution >= 0.6 is 11.3 Å². The van der Waals surface area contributed by atoms with E-state index in [9.17, 15) is 22.8 Å². The number of benzene rings is 1. The number of likely N-dealkylation sites (N-methyl/N-ethyl adjacent to an activating group) is 1. The van der Waals surface area contributed by atoms with Crippen molar-refractivity contribution in [2.75, 3.05) is 33.9 Å². The number of ether oxygens (including phenoxy) is 1. The van der Waals surface area contributed by atoms with Gasteiger partial charge in [-0.1, -0.05) is 12.1 Å². The van der Waals surface area contributed by atoms with Crippen LogP contribution in [0.3, 0.4) is 0 Å². The van der Waals surface area contributed by atoms with Crippen molar-refractivity contribution < 1.29 is 27.5 Å². The predicted molar refractivity (Wildman–Crippen MR) is 116 cm³/mol. The van der Waals surface area contributed by atoms with Crippen LogP contribution in [0.2, 0.25) is 0 Å². The standard InChI is InChI=1S/C21H22F3N5O3S/c1-28(13-17(30)25-9-5-10-32-2)20(31)18-26-19(16-8-4-11-33-16)29(27-18)15-7-3-6-14(12-15)21(22,23)24/h3-4,6-8,11-12H,5,9-10,13H2,1-2H3,(H,25,30). The number of halogens is 3. The average molecular weight is 482 g/mol. The lowest BCUT2D eigenvalue weighted by Crippen LogP contribution is -2.39. The topological polar surface area (TPSA) is 89.4 Å². The zero-order chi connectivity index (χ0) is 24.0. The largest absolute Gasteiger partial charge is 0.416 e. The van der Waals surface area contributed by atoms with Crippen molar-refractivity contribution in [2.24, 2.45) is 0 Å². The van der Waals surface area contributed by atoms with Crippen LogP contribution in [-0.2, 0) is 15.7 Å². The monoisotopic (exact) mass is 481 g/mol. The Morgan fingerprint density at radius 2 is 2.03 bits per heavy atom. The third kappa shape index (κ3) is 6.17. The molecule has 0 spiro atoms. The Bertz CT molecular complexity index is 1100. The molecule has 1 N–H and O–H groups in total. The minimum absolute atomic E-state index is 0.110. The molecule has 1 aromatic carbocycles. The number of thiophene rings is 1. The fourth-order valence-corrected chi connectivity index (χ4v) is 3.62. The molecule has 176 valence electrons. The van der Waals surface area contributed by atoms with Crippen molar-refractivity contribution >= 4 is 23.2 Å². The zero-order valence-corrected chi connectivity index (χ0v) is 18.7. The van der Waals surface area contributed by atoms with Gasteiger partial charge in [0.05, 0.1) is 22.7 Å². The van der Waals surface area contributed by atoms with Gasteiger partial charge in [-0.2, -0.15) is 13.2 Å². The van der Waals surface area contributed by atoms with Crippen LogP contribution < -0.4 is 5.32 Å². The molecule has 0 aliphatic heterocycles. The van der Waals surface area contributed by atoms with E-state index < -0.39 is 17.6 Å². The number of methoxy groups -OCH3 is 1. The number of aromatic nitrogens is 3. The number of hydrogen-bond donors (Lipinski definition) is 1. The molecule has 33 heavy (non-hydrogen) atoms. The fraction of sp³-hybridized carbons (Fsp3) is 0.333. The average Bonchev–Trinajstić information content (AvgIpc) is 3.45. The highest BCUT2D eigenvalue weighted by atomic mass is 32.1. The summed E-state index contributed by atoms with van der Waals surface area (Å²) in [5.41, 5.74) is -0.735. The summed E-state index contributed by atoms with van der Waals surface area (Å²) in [6.45, 7) is 0.676. The second kappa shape index (κ2) is 10.6. The molecule has 8 nitrogen and oxygen atoms in total. The maximum Gasteiger partial charge on any atom is 0.416 e. The summed E-state index contributed by atoms with van der Waals surface area (Å²) in [6.07, 6.45) is -3.90. The van der Waals surface area contributed by atoms with Crippen molar-refractivity contribution in [2.45, 2.75) is 12.6 Å². The Kier molecular flexibility index (Phi) is 7.82. The van der Waals surface area contributed by atoms with Gasteiger partial charge in [-0.05, 0) is 36.1 Å². The first kappa shape index (κ1) is 24.4. The summed E-state index contributed by atoms with van der Waals surface area (Å²) < 4.78 is 45.7. The van der Waals surface area contributed by atoms with E-state index in [2.05, 4.69) is 15.4 Å². The van der Waals surface area contributed by atoms with Crippen LogP contribution in [0.1, 0.15) is 22.6 Å². The number of rotatable bonds is 9. The van der Waals surface area contributed by atoms with E-state index in [1.54, 1.807) is 24.6 Å². The first-order valence-electron chi connectivity index (χ1n) is 9.90. The molecule has 3 aromatic rings. The quantitative estimate of drug-likeness (QED) is 0.474. The molecule has 0 bridgehead atoms. The Hall–Kier alpha value is -3.25.